The molecule has 9 nitrogen and oxygen atoms in total. The van der Waals surface area contributed by atoms with Crippen molar-refractivity contribution in [3.05, 3.63) is 38.4 Å². The molecule has 2 rings (SSSR count). The van der Waals surface area contributed by atoms with E-state index in [1.165, 1.54) is 19.1 Å². The van der Waals surface area contributed by atoms with Crippen LogP contribution < -0.4 is 10.2 Å². The van der Waals surface area contributed by atoms with Gasteiger partial charge in [-0.05, 0) is 24.8 Å². The number of benzene rings is 1. The number of nitro benzene ring substituents is 2. The Hall–Kier alpha value is -2.71. The molecule has 1 amide bonds. The monoisotopic (exact) mass is 322 g/mol. The second-order valence-corrected chi connectivity index (χ2v) is 5.58. The Morgan fingerprint density at radius 3 is 2.70 bits per heavy atom. The van der Waals surface area contributed by atoms with Crippen LogP contribution >= 0.6 is 0 Å². The van der Waals surface area contributed by atoms with Gasteiger partial charge in [-0.25, -0.2) is 0 Å². The number of nitrogens with zero attached hydrogens (tertiary/aromatic N) is 3. The van der Waals surface area contributed by atoms with E-state index < -0.39 is 9.85 Å². The molecule has 124 valence electrons. The van der Waals surface area contributed by atoms with Crippen molar-refractivity contribution < 1.29 is 14.6 Å². The molecule has 9 heteroatoms. The largest absolute Gasteiger partial charge is 0.366 e. The van der Waals surface area contributed by atoms with E-state index in [0.29, 0.717) is 25.3 Å². The molecular weight excluding hydrogens is 304 g/mol. The number of hydrogen-bond acceptors (Lipinski definition) is 6. The lowest BCUT2D eigenvalue weighted by atomic mass is 9.97. The molecule has 23 heavy (non-hydrogen) atoms. The SMILES string of the molecule is CC(=O)NCC1CCCN(c2ccc([N+](=O)[O-])cc2[N+](=O)[O-])C1. The summed E-state index contributed by atoms with van der Waals surface area (Å²) in [4.78, 5) is 33.6. The predicted octanol–water partition coefficient (Wildman–Crippen LogP) is 1.86. The molecule has 0 radical (unpaired) electrons. The molecule has 0 aromatic heterocycles. The molecule has 0 aliphatic carbocycles. The van der Waals surface area contributed by atoms with Gasteiger partial charge in [0, 0.05) is 32.6 Å². The first-order valence-corrected chi connectivity index (χ1v) is 7.30. The fraction of sp³-hybridized carbons (Fsp3) is 0.500. The first-order valence-electron chi connectivity index (χ1n) is 7.30. The van der Waals surface area contributed by atoms with E-state index in [1.807, 2.05) is 4.90 Å². The quantitative estimate of drug-likeness (QED) is 0.652. The zero-order chi connectivity index (χ0) is 17.0. The Bertz CT molecular complexity index is 634. The van der Waals surface area contributed by atoms with Crippen LogP contribution in [0.3, 0.4) is 0 Å². The Morgan fingerprint density at radius 1 is 1.35 bits per heavy atom. The highest BCUT2D eigenvalue weighted by molar-refractivity contribution is 5.72. The van der Waals surface area contributed by atoms with Gasteiger partial charge in [0.05, 0.1) is 15.9 Å². The van der Waals surface area contributed by atoms with Crippen molar-refractivity contribution in [1.82, 2.24) is 5.32 Å². The number of non-ortho nitro benzene ring substituents is 1. The van der Waals surface area contributed by atoms with Gasteiger partial charge in [-0.1, -0.05) is 0 Å². The highest BCUT2D eigenvalue weighted by Crippen LogP contribution is 2.34. The maximum atomic E-state index is 11.2. The average Bonchev–Trinajstić information content (AvgIpc) is 2.52. The molecule has 1 heterocycles. The summed E-state index contributed by atoms with van der Waals surface area (Å²) >= 11 is 0. The van der Waals surface area contributed by atoms with Gasteiger partial charge < -0.3 is 10.2 Å². The van der Waals surface area contributed by atoms with Crippen molar-refractivity contribution >= 4 is 23.0 Å². The predicted molar refractivity (Wildman–Crippen MR) is 83.4 cm³/mol. The minimum absolute atomic E-state index is 0.108. The fourth-order valence-corrected chi connectivity index (χ4v) is 2.78. The molecule has 1 saturated heterocycles. The molecule has 0 bridgehead atoms. The lowest BCUT2D eigenvalue weighted by Crippen LogP contribution is -2.40. The Labute approximate surface area is 132 Å². The third-order valence-corrected chi connectivity index (χ3v) is 3.87. The topological polar surface area (TPSA) is 119 Å². The van der Waals surface area contributed by atoms with Gasteiger partial charge in [-0.15, -0.1) is 0 Å². The number of carbonyl (C=O) groups is 1. The van der Waals surface area contributed by atoms with Crippen molar-refractivity contribution in [1.29, 1.82) is 0 Å². The number of rotatable bonds is 5. The van der Waals surface area contributed by atoms with Crippen LogP contribution in [0, 0.1) is 26.1 Å². The van der Waals surface area contributed by atoms with Crippen molar-refractivity contribution in [2.24, 2.45) is 5.92 Å². The molecule has 1 atom stereocenters. The summed E-state index contributed by atoms with van der Waals surface area (Å²) in [5.41, 5.74) is -0.181. The van der Waals surface area contributed by atoms with Crippen LogP contribution in [-0.4, -0.2) is 35.4 Å². The maximum Gasteiger partial charge on any atom is 0.299 e. The first-order chi connectivity index (χ1) is 10.9. The van der Waals surface area contributed by atoms with Crippen LogP contribution in [-0.2, 0) is 4.79 Å². The van der Waals surface area contributed by atoms with E-state index in [4.69, 9.17) is 0 Å². The third-order valence-electron chi connectivity index (χ3n) is 3.87. The number of anilines is 1. The summed E-state index contributed by atoms with van der Waals surface area (Å²) in [6.45, 7) is 3.18. The highest BCUT2D eigenvalue weighted by atomic mass is 16.6. The lowest BCUT2D eigenvalue weighted by molar-refractivity contribution is -0.393. The average molecular weight is 322 g/mol. The van der Waals surface area contributed by atoms with E-state index >= 15 is 0 Å². The minimum atomic E-state index is -0.646. The van der Waals surface area contributed by atoms with Crippen LogP contribution in [0.5, 0.6) is 0 Å². The third kappa shape index (κ3) is 4.15. The smallest absolute Gasteiger partial charge is 0.299 e. The normalized spacial score (nSPS) is 17.6. The van der Waals surface area contributed by atoms with Gasteiger partial charge in [0.2, 0.25) is 5.91 Å². The summed E-state index contributed by atoms with van der Waals surface area (Å²) in [6, 6.07) is 3.70. The molecule has 0 saturated carbocycles. The molecule has 1 aromatic rings. The van der Waals surface area contributed by atoms with Crippen LogP contribution in [0.1, 0.15) is 19.8 Å². The van der Waals surface area contributed by atoms with Gasteiger partial charge in [0.15, 0.2) is 0 Å². The van der Waals surface area contributed by atoms with Crippen LogP contribution in [0.4, 0.5) is 17.1 Å². The van der Waals surface area contributed by atoms with Gasteiger partial charge in [-0.2, -0.15) is 0 Å². The lowest BCUT2D eigenvalue weighted by Gasteiger charge is -2.34. The Morgan fingerprint density at radius 2 is 2.09 bits per heavy atom. The molecule has 0 spiro atoms. The van der Waals surface area contributed by atoms with E-state index in [9.17, 15) is 25.0 Å². The highest BCUT2D eigenvalue weighted by Gasteiger charge is 2.27. The van der Waals surface area contributed by atoms with Crippen LogP contribution in [0.25, 0.3) is 0 Å². The molecule has 1 aliphatic heterocycles. The standard InChI is InChI=1S/C14H18N4O5/c1-10(19)15-8-11-3-2-6-16(9-11)13-5-4-12(17(20)21)7-14(13)18(22)23/h4-5,7,11H,2-3,6,8-9H2,1H3,(H,15,19). The van der Waals surface area contributed by atoms with E-state index in [-0.39, 0.29) is 23.2 Å². The second kappa shape index (κ2) is 7.03. The molecule has 1 N–H and O–H groups in total. The summed E-state index contributed by atoms with van der Waals surface area (Å²) in [5.74, 6) is 0.0888. The van der Waals surface area contributed by atoms with E-state index in [0.717, 1.165) is 18.9 Å². The molecule has 1 fully saturated rings. The van der Waals surface area contributed by atoms with Crippen molar-refractivity contribution in [3.63, 3.8) is 0 Å². The van der Waals surface area contributed by atoms with Gasteiger partial charge in [0.1, 0.15) is 5.69 Å². The van der Waals surface area contributed by atoms with Gasteiger partial charge in [-0.3, -0.25) is 25.0 Å². The van der Waals surface area contributed by atoms with Crippen LogP contribution in [0.15, 0.2) is 18.2 Å². The zero-order valence-corrected chi connectivity index (χ0v) is 12.7. The number of nitrogens with one attached hydrogen (secondary N) is 1. The number of carbonyl (C=O) groups excluding carboxylic acids is 1. The molecule has 1 unspecified atom stereocenters. The summed E-state index contributed by atoms with van der Waals surface area (Å²) in [6.07, 6.45) is 1.77. The molecule has 1 aromatic carbocycles. The first kappa shape index (κ1) is 16.7. The molecule has 1 aliphatic rings. The van der Waals surface area contributed by atoms with E-state index in [2.05, 4.69) is 5.32 Å². The maximum absolute atomic E-state index is 11.2. The Balaban J connectivity index is 2.21. The summed E-state index contributed by atoms with van der Waals surface area (Å²) < 4.78 is 0. The van der Waals surface area contributed by atoms with Crippen LogP contribution in [0.2, 0.25) is 0 Å². The number of piperidine rings is 1. The number of amides is 1. The number of nitro groups is 2. The van der Waals surface area contributed by atoms with Crippen molar-refractivity contribution in [2.45, 2.75) is 19.8 Å². The van der Waals surface area contributed by atoms with E-state index in [1.54, 1.807) is 0 Å². The zero-order valence-electron chi connectivity index (χ0n) is 12.7. The Kier molecular flexibility index (Phi) is 5.09. The summed E-state index contributed by atoms with van der Waals surface area (Å²) in [7, 11) is 0. The summed E-state index contributed by atoms with van der Waals surface area (Å²) in [5, 5.41) is 24.8. The minimum Gasteiger partial charge on any atom is -0.366 e. The van der Waals surface area contributed by atoms with Crippen molar-refractivity contribution in [2.75, 3.05) is 24.5 Å². The second-order valence-electron chi connectivity index (χ2n) is 5.58. The van der Waals surface area contributed by atoms with Gasteiger partial charge >= 0.3 is 0 Å². The fourth-order valence-electron chi connectivity index (χ4n) is 2.78. The van der Waals surface area contributed by atoms with Crippen molar-refractivity contribution in [3.8, 4) is 0 Å². The van der Waals surface area contributed by atoms with Gasteiger partial charge in [0.25, 0.3) is 11.4 Å². The number of hydrogen-bond donors (Lipinski definition) is 1. The molecular formula is C14H18N4O5.